The van der Waals surface area contributed by atoms with Crippen LogP contribution in [0, 0.1) is 20.2 Å². The third-order valence-electron chi connectivity index (χ3n) is 4.24. The van der Waals surface area contributed by atoms with E-state index in [0.717, 1.165) is 12.1 Å². The number of carboxylic acids is 1. The van der Waals surface area contributed by atoms with Crippen molar-refractivity contribution >= 4 is 46.2 Å². The number of para-hydroxylation sites is 1. The summed E-state index contributed by atoms with van der Waals surface area (Å²) >= 11 is 6.03. The zero-order valence-corrected chi connectivity index (χ0v) is 16.9. The van der Waals surface area contributed by atoms with Crippen LogP contribution in [0.1, 0.15) is 36.0 Å². The summed E-state index contributed by atoms with van der Waals surface area (Å²) in [6, 6.07) is 8.15. The van der Waals surface area contributed by atoms with Gasteiger partial charge in [0.15, 0.2) is 5.69 Å². The van der Waals surface area contributed by atoms with Crippen molar-refractivity contribution < 1.29 is 24.5 Å². The van der Waals surface area contributed by atoms with Crippen LogP contribution in [-0.2, 0) is 4.79 Å². The number of nitrogens with one attached hydrogen (secondary N) is 2. The van der Waals surface area contributed by atoms with Gasteiger partial charge in [-0.3, -0.25) is 29.8 Å². The summed E-state index contributed by atoms with van der Waals surface area (Å²) in [5, 5.41) is 37.1. The summed E-state index contributed by atoms with van der Waals surface area (Å²) in [7, 11) is 0. The maximum absolute atomic E-state index is 12.4. The molecule has 0 saturated heterocycles. The molecule has 0 saturated carbocycles. The molecular weight excluding hydrogens is 432 g/mol. The Hall–Kier alpha value is -3.73. The number of hydrogen-bond acceptors (Lipinski definition) is 7. The van der Waals surface area contributed by atoms with Crippen LogP contribution in [0.15, 0.2) is 36.4 Å². The van der Waals surface area contributed by atoms with Gasteiger partial charge in [0, 0.05) is 25.1 Å². The number of carboxylic acid groups (broad SMARTS) is 1. The van der Waals surface area contributed by atoms with Gasteiger partial charge in [-0.1, -0.05) is 30.2 Å². The van der Waals surface area contributed by atoms with Crippen molar-refractivity contribution in [1.82, 2.24) is 5.32 Å². The van der Waals surface area contributed by atoms with E-state index < -0.39 is 38.8 Å². The number of anilines is 2. The number of carbonyl (C=O) groups is 2. The highest BCUT2D eigenvalue weighted by Crippen LogP contribution is 2.39. The second-order valence-corrected chi connectivity index (χ2v) is 6.88. The average molecular weight is 451 g/mol. The summed E-state index contributed by atoms with van der Waals surface area (Å²) < 4.78 is 0. The van der Waals surface area contributed by atoms with E-state index in [-0.39, 0.29) is 29.2 Å². The normalized spacial score (nSPS) is 10.4. The van der Waals surface area contributed by atoms with Gasteiger partial charge in [0.1, 0.15) is 0 Å². The third kappa shape index (κ3) is 6.64. The molecule has 0 aliphatic heterocycles. The molecule has 0 bridgehead atoms. The van der Waals surface area contributed by atoms with E-state index in [1.807, 2.05) is 0 Å². The summed E-state index contributed by atoms with van der Waals surface area (Å²) in [6.07, 6.45) is 1.53. The van der Waals surface area contributed by atoms with Crippen molar-refractivity contribution in [3.05, 3.63) is 67.2 Å². The summed E-state index contributed by atoms with van der Waals surface area (Å²) in [5.74, 6) is -1.62. The van der Waals surface area contributed by atoms with Gasteiger partial charge in [0.25, 0.3) is 5.91 Å². The lowest BCUT2D eigenvalue weighted by molar-refractivity contribution is -0.392. The van der Waals surface area contributed by atoms with Crippen LogP contribution in [-0.4, -0.2) is 33.4 Å². The van der Waals surface area contributed by atoms with Gasteiger partial charge >= 0.3 is 17.3 Å². The molecule has 2 rings (SSSR count). The standard InChI is InChI=1S/C19H19ClN4O7/c20-13-6-3-4-7-14(13)22-18-15(23(28)29)10-12(11-16(18)24(30)31)19(27)21-9-5-1-2-8-17(25)26/h3-4,6-7,10-11,22H,1-2,5,8-9H2,(H,21,27)(H,25,26). The number of nitrogens with zero attached hydrogens (tertiary/aromatic N) is 2. The topological polar surface area (TPSA) is 165 Å². The minimum absolute atomic E-state index is 0.0201. The molecule has 31 heavy (non-hydrogen) atoms. The zero-order valence-electron chi connectivity index (χ0n) is 16.2. The van der Waals surface area contributed by atoms with E-state index in [9.17, 15) is 29.8 Å². The molecule has 2 aromatic carbocycles. The molecular formula is C19H19ClN4O7. The molecule has 0 fully saturated rings. The molecule has 12 heteroatoms. The van der Waals surface area contributed by atoms with Crippen LogP contribution < -0.4 is 10.6 Å². The van der Waals surface area contributed by atoms with Crippen LogP contribution in [0.3, 0.4) is 0 Å². The minimum Gasteiger partial charge on any atom is -0.481 e. The first-order valence-electron chi connectivity index (χ1n) is 9.19. The molecule has 1 amide bonds. The number of carbonyl (C=O) groups excluding carboxylic acids is 1. The van der Waals surface area contributed by atoms with Gasteiger partial charge in [-0.15, -0.1) is 0 Å². The first-order valence-corrected chi connectivity index (χ1v) is 9.57. The summed E-state index contributed by atoms with van der Waals surface area (Å²) in [5.41, 5.74) is -1.71. The van der Waals surface area contributed by atoms with Gasteiger partial charge in [0.05, 0.1) is 26.1 Å². The van der Waals surface area contributed by atoms with Crippen LogP contribution in [0.2, 0.25) is 5.02 Å². The smallest absolute Gasteiger partial charge is 0.303 e. The predicted octanol–water partition coefficient (Wildman–Crippen LogP) is 4.27. The molecule has 0 radical (unpaired) electrons. The number of benzene rings is 2. The van der Waals surface area contributed by atoms with E-state index in [2.05, 4.69) is 10.6 Å². The Morgan fingerprint density at radius 1 is 1.00 bits per heavy atom. The van der Waals surface area contributed by atoms with E-state index in [0.29, 0.717) is 19.3 Å². The van der Waals surface area contributed by atoms with Crippen molar-refractivity contribution in [3.63, 3.8) is 0 Å². The van der Waals surface area contributed by atoms with Gasteiger partial charge in [-0.2, -0.15) is 0 Å². The first-order chi connectivity index (χ1) is 14.7. The van der Waals surface area contributed by atoms with Crippen LogP contribution in [0.25, 0.3) is 0 Å². The minimum atomic E-state index is -0.908. The number of halogens is 1. The number of amides is 1. The highest BCUT2D eigenvalue weighted by atomic mass is 35.5. The Morgan fingerprint density at radius 3 is 2.16 bits per heavy atom. The van der Waals surface area contributed by atoms with Gasteiger partial charge in [0.2, 0.25) is 0 Å². The second kappa shape index (κ2) is 10.9. The highest BCUT2D eigenvalue weighted by molar-refractivity contribution is 6.33. The molecule has 164 valence electrons. The number of unbranched alkanes of at least 4 members (excludes halogenated alkanes) is 2. The van der Waals surface area contributed by atoms with Gasteiger partial charge in [-0.25, -0.2) is 0 Å². The summed E-state index contributed by atoms with van der Waals surface area (Å²) in [4.78, 5) is 44.3. The molecule has 2 aromatic rings. The first kappa shape index (κ1) is 23.5. The van der Waals surface area contributed by atoms with Crippen LogP contribution >= 0.6 is 11.6 Å². The monoisotopic (exact) mass is 450 g/mol. The Bertz CT molecular complexity index is 977. The molecule has 0 heterocycles. The van der Waals surface area contributed by atoms with Crippen molar-refractivity contribution in [1.29, 1.82) is 0 Å². The molecule has 0 aromatic heterocycles. The maximum atomic E-state index is 12.4. The van der Waals surface area contributed by atoms with Crippen molar-refractivity contribution in [2.45, 2.75) is 25.7 Å². The Morgan fingerprint density at radius 2 is 1.61 bits per heavy atom. The second-order valence-electron chi connectivity index (χ2n) is 6.47. The van der Waals surface area contributed by atoms with E-state index in [4.69, 9.17) is 16.7 Å². The Balaban J connectivity index is 2.25. The Kier molecular flexibility index (Phi) is 8.26. The zero-order chi connectivity index (χ0) is 23.0. The third-order valence-corrected chi connectivity index (χ3v) is 4.57. The highest BCUT2D eigenvalue weighted by Gasteiger charge is 2.29. The SMILES string of the molecule is O=C(O)CCCCCNC(=O)c1cc([N+](=O)[O-])c(Nc2ccccc2Cl)c([N+](=O)[O-])c1. The molecule has 0 unspecified atom stereocenters. The number of rotatable bonds is 11. The molecule has 0 aliphatic rings. The molecule has 0 spiro atoms. The van der Waals surface area contributed by atoms with Crippen molar-refractivity contribution in [3.8, 4) is 0 Å². The predicted molar refractivity (Wildman–Crippen MR) is 113 cm³/mol. The fourth-order valence-electron chi connectivity index (χ4n) is 2.74. The molecule has 0 atom stereocenters. The van der Waals surface area contributed by atoms with Crippen molar-refractivity contribution in [2.24, 2.45) is 0 Å². The van der Waals surface area contributed by atoms with E-state index >= 15 is 0 Å². The fourth-order valence-corrected chi connectivity index (χ4v) is 2.92. The molecule has 3 N–H and O–H groups in total. The van der Waals surface area contributed by atoms with Crippen molar-refractivity contribution in [2.75, 3.05) is 11.9 Å². The lowest BCUT2D eigenvalue weighted by Gasteiger charge is -2.11. The van der Waals surface area contributed by atoms with E-state index in [1.54, 1.807) is 12.1 Å². The largest absolute Gasteiger partial charge is 0.481 e. The van der Waals surface area contributed by atoms with Crippen LogP contribution in [0.4, 0.5) is 22.7 Å². The quantitative estimate of drug-likeness (QED) is 0.259. The number of nitro groups is 2. The molecule has 0 aliphatic carbocycles. The summed E-state index contributed by atoms with van der Waals surface area (Å²) in [6.45, 7) is 0.194. The number of nitro benzene ring substituents is 2. The fraction of sp³-hybridized carbons (Fsp3) is 0.263. The van der Waals surface area contributed by atoms with Crippen LogP contribution in [0.5, 0.6) is 0 Å². The molecule has 11 nitrogen and oxygen atoms in total. The number of aliphatic carboxylic acids is 1. The van der Waals surface area contributed by atoms with Gasteiger partial charge < -0.3 is 15.7 Å². The average Bonchev–Trinajstić information content (AvgIpc) is 2.71. The van der Waals surface area contributed by atoms with Gasteiger partial charge in [-0.05, 0) is 25.0 Å². The lowest BCUT2D eigenvalue weighted by Crippen LogP contribution is -2.24. The number of hydrogen-bond donors (Lipinski definition) is 3. The van der Waals surface area contributed by atoms with E-state index in [1.165, 1.54) is 12.1 Å². The Labute approximate surface area is 181 Å². The maximum Gasteiger partial charge on any atom is 0.303 e. The lowest BCUT2D eigenvalue weighted by atomic mass is 10.1.